The largest absolute Gasteiger partial charge is 0.504 e. The number of anilines is 2. The highest BCUT2D eigenvalue weighted by Crippen LogP contribution is 2.30. The Bertz CT molecular complexity index is 1120. The van der Waals surface area contributed by atoms with Gasteiger partial charge in [-0.3, -0.25) is 9.78 Å². The van der Waals surface area contributed by atoms with Crippen molar-refractivity contribution in [3.8, 4) is 11.5 Å². The maximum atomic E-state index is 12.8. The minimum absolute atomic E-state index is 0.0902. The van der Waals surface area contributed by atoms with Gasteiger partial charge in [0.15, 0.2) is 11.5 Å². The highest BCUT2D eigenvalue weighted by Gasteiger charge is 2.32. The zero-order valence-corrected chi connectivity index (χ0v) is 16.8. The van der Waals surface area contributed by atoms with Gasteiger partial charge in [-0.15, -0.1) is 0 Å². The Hall–Kier alpha value is -4.08. The van der Waals surface area contributed by atoms with Crippen molar-refractivity contribution in [3.63, 3.8) is 0 Å². The van der Waals surface area contributed by atoms with Crippen LogP contribution in [0.25, 0.3) is 0 Å². The second kappa shape index (κ2) is 9.82. The minimum atomic E-state index is -4.54. The number of phenolic OH excluding ortho intramolecular Hbond substituents is 1. The summed E-state index contributed by atoms with van der Waals surface area (Å²) in [7, 11) is 0. The number of hydrazone groups is 1. The lowest BCUT2D eigenvalue weighted by molar-refractivity contribution is -0.141. The quantitative estimate of drug-likeness (QED) is 0.362. The molecule has 32 heavy (non-hydrogen) atoms. The number of pyridine rings is 1. The van der Waals surface area contributed by atoms with Gasteiger partial charge >= 0.3 is 6.18 Å². The van der Waals surface area contributed by atoms with Crippen LogP contribution in [0.5, 0.6) is 11.5 Å². The van der Waals surface area contributed by atoms with Crippen LogP contribution in [-0.4, -0.2) is 28.8 Å². The minimum Gasteiger partial charge on any atom is -0.504 e. The number of ether oxygens (including phenoxy) is 1. The number of carbonyl (C=O) groups excluding carboxylic acids is 1. The number of aromatic nitrogens is 1. The number of alkyl halides is 3. The number of phenols is 1. The predicted octanol–water partition coefficient (Wildman–Crippen LogP) is 4.71. The number of nitrogens with zero attached hydrogens (tertiary/aromatic N) is 2. The van der Waals surface area contributed by atoms with Crippen LogP contribution in [0, 0.1) is 0 Å². The van der Waals surface area contributed by atoms with Crippen molar-refractivity contribution >= 4 is 23.5 Å². The lowest BCUT2D eigenvalue weighted by Gasteiger charge is -2.10. The molecular weight excluding hydrogens is 425 g/mol. The summed E-state index contributed by atoms with van der Waals surface area (Å²) in [5, 5.41) is 16.8. The molecule has 1 aromatic heterocycles. The first-order valence-electron chi connectivity index (χ1n) is 9.46. The highest BCUT2D eigenvalue weighted by atomic mass is 19.4. The van der Waals surface area contributed by atoms with Crippen LogP contribution < -0.4 is 15.5 Å². The molecule has 0 saturated carbocycles. The number of hydrogen-bond acceptors (Lipinski definition) is 6. The Morgan fingerprint density at radius 2 is 1.91 bits per heavy atom. The molecule has 0 aliphatic heterocycles. The average Bonchev–Trinajstić information content (AvgIpc) is 2.76. The smallest absolute Gasteiger partial charge is 0.433 e. The van der Waals surface area contributed by atoms with Gasteiger partial charge in [0.05, 0.1) is 12.8 Å². The second-order valence-electron chi connectivity index (χ2n) is 6.46. The highest BCUT2D eigenvalue weighted by molar-refractivity contribution is 5.95. The van der Waals surface area contributed by atoms with E-state index in [1.807, 2.05) is 0 Å². The van der Waals surface area contributed by atoms with Crippen LogP contribution in [0.1, 0.15) is 28.5 Å². The van der Waals surface area contributed by atoms with E-state index in [-0.39, 0.29) is 17.0 Å². The summed E-state index contributed by atoms with van der Waals surface area (Å²) >= 11 is 0. The first kappa shape index (κ1) is 22.6. The molecule has 3 rings (SSSR count). The molecule has 10 heteroatoms. The number of aromatic hydroxyl groups is 1. The zero-order valence-electron chi connectivity index (χ0n) is 16.8. The van der Waals surface area contributed by atoms with Crippen molar-refractivity contribution in [3.05, 3.63) is 77.6 Å². The van der Waals surface area contributed by atoms with Crippen molar-refractivity contribution in [1.82, 2.24) is 10.4 Å². The summed E-state index contributed by atoms with van der Waals surface area (Å²) in [6.07, 6.45) is -2.19. The number of halogens is 3. The maximum absolute atomic E-state index is 12.8. The van der Waals surface area contributed by atoms with Gasteiger partial charge in [-0.1, -0.05) is 6.07 Å². The van der Waals surface area contributed by atoms with Crippen LogP contribution in [0.2, 0.25) is 0 Å². The summed E-state index contributed by atoms with van der Waals surface area (Å²) in [6, 6.07) is 13.3. The van der Waals surface area contributed by atoms with Crippen molar-refractivity contribution in [1.29, 1.82) is 0 Å². The molecule has 0 aliphatic rings. The van der Waals surface area contributed by atoms with Crippen molar-refractivity contribution in [2.45, 2.75) is 13.1 Å². The first-order chi connectivity index (χ1) is 15.3. The van der Waals surface area contributed by atoms with Crippen LogP contribution in [0.15, 0.2) is 65.9 Å². The fourth-order valence-corrected chi connectivity index (χ4v) is 2.68. The van der Waals surface area contributed by atoms with E-state index in [0.717, 1.165) is 12.3 Å². The Kier molecular flexibility index (Phi) is 6.93. The molecule has 0 spiro atoms. The summed E-state index contributed by atoms with van der Waals surface area (Å²) in [5.41, 5.74) is 2.69. The third kappa shape index (κ3) is 5.75. The van der Waals surface area contributed by atoms with E-state index < -0.39 is 17.8 Å². The second-order valence-corrected chi connectivity index (χ2v) is 6.46. The fraction of sp³-hybridized carbons (Fsp3) is 0.136. The number of para-hydroxylation sites is 1. The summed E-state index contributed by atoms with van der Waals surface area (Å²) < 4.78 is 43.6. The number of benzene rings is 2. The Morgan fingerprint density at radius 3 is 2.59 bits per heavy atom. The average molecular weight is 444 g/mol. The maximum Gasteiger partial charge on any atom is 0.433 e. The van der Waals surface area contributed by atoms with Crippen LogP contribution >= 0.6 is 0 Å². The Labute approximate surface area is 181 Å². The van der Waals surface area contributed by atoms with Crippen molar-refractivity contribution in [2.24, 2.45) is 5.10 Å². The molecule has 3 N–H and O–H groups in total. The molecule has 0 radical (unpaired) electrons. The molecule has 0 bridgehead atoms. The Balaban J connectivity index is 1.62. The van der Waals surface area contributed by atoms with E-state index in [0.29, 0.717) is 23.6 Å². The molecule has 1 heterocycles. The topological polar surface area (TPSA) is 95.8 Å². The lowest BCUT2D eigenvalue weighted by atomic mass is 10.2. The predicted molar refractivity (Wildman–Crippen MR) is 113 cm³/mol. The number of hydrogen-bond donors (Lipinski definition) is 3. The van der Waals surface area contributed by atoms with Crippen molar-refractivity contribution in [2.75, 3.05) is 11.9 Å². The SMILES string of the molecule is CCOc1cccc(/C=N/NC(=O)c2ccc(Nc3ccnc(C(F)(F)F)c3)cc2)c1O. The van der Waals surface area contributed by atoms with Gasteiger partial charge in [0.25, 0.3) is 5.91 Å². The molecule has 0 fully saturated rings. The van der Waals surface area contributed by atoms with Crippen LogP contribution in [-0.2, 0) is 6.18 Å². The van der Waals surface area contributed by atoms with Gasteiger partial charge in [0.2, 0.25) is 0 Å². The molecule has 1 amide bonds. The number of nitrogens with one attached hydrogen (secondary N) is 2. The molecular formula is C22H19F3N4O3. The molecule has 2 aromatic carbocycles. The normalized spacial score (nSPS) is 11.4. The van der Waals surface area contributed by atoms with Gasteiger partial charge in [0.1, 0.15) is 5.69 Å². The van der Waals surface area contributed by atoms with Crippen molar-refractivity contribution < 1.29 is 27.8 Å². The van der Waals surface area contributed by atoms with Gasteiger partial charge in [0, 0.05) is 28.7 Å². The fourth-order valence-electron chi connectivity index (χ4n) is 2.68. The third-order valence-electron chi connectivity index (χ3n) is 4.19. The van der Waals surface area contributed by atoms with Crippen LogP contribution in [0.3, 0.4) is 0 Å². The standard InChI is InChI=1S/C22H19F3N4O3/c1-2-32-18-5-3-4-15(20(18)30)13-27-29-21(31)14-6-8-16(9-7-14)28-17-10-11-26-19(12-17)22(23,24)25/h3-13,30H,2H2,1H3,(H,26,28)(H,29,31)/b27-13+. The summed E-state index contributed by atoms with van der Waals surface area (Å²) in [5.74, 6) is -0.286. The van der Waals surface area contributed by atoms with E-state index in [4.69, 9.17) is 4.74 Å². The molecule has 0 atom stereocenters. The van der Waals surface area contributed by atoms with E-state index in [2.05, 4.69) is 20.8 Å². The number of amides is 1. The van der Waals surface area contributed by atoms with E-state index >= 15 is 0 Å². The van der Waals surface area contributed by atoms with E-state index in [1.165, 1.54) is 24.4 Å². The van der Waals surface area contributed by atoms with Gasteiger partial charge in [-0.25, -0.2) is 5.43 Å². The monoisotopic (exact) mass is 444 g/mol. The lowest BCUT2D eigenvalue weighted by Crippen LogP contribution is -2.17. The van der Waals surface area contributed by atoms with Gasteiger partial charge in [-0.2, -0.15) is 18.3 Å². The molecule has 0 unspecified atom stereocenters. The van der Waals surface area contributed by atoms with Gasteiger partial charge in [-0.05, 0) is 55.5 Å². The molecule has 0 aliphatic carbocycles. The van der Waals surface area contributed by atoms with E-state index in [1.54, 1.807) is 37.3 Å². The summed E-state index contributed by atoms with van der Waals surface area (Å²) in [4.78, 5) is 15.6. The zero-order chi connectivity index (χ0) is 23.1. The third-order valence-corrected chi connectivity index (χ3v) is 4.19. The number of rotatable bonds is 7. The molecule has 0 saturated heterocycles. The van der Waals surface area contributed by atoms with Gasteiger partial charge < -0.3 is 15.2 Å². The molecule has 7 nitrogen and oxygen atoms in total. The Morgan fingerprint density at radius 1 is 1.16 bits per heavy atom. The van der Waals surface area contributed by atoms with E-state index in [9.17, 15) is 23.1 Å². The first-order valence-corrected chi connectivity index (χ1v) is 9.46. The molecule has 166 valence electrons. The number of carbonyl (C=O) groups is 1. The van der Waals surface area contributed by atoms with Crippen LogP contribution in [0.4, 0.5) is 24.5 Å². The summed E-state index contributed by atoms with van der Waals surface area (Å²) in [6.45, 7) is 2.18. The molecule has 3 aromatic rings.